The van der Waals surface area contributed by atoms with E-state index in [2.05, 4.69) is 228 Å². The molecule has 0 radical (unpaired) electrons. The van der Waals surface area contributed by atoms with Gasteiger partial charge < -0.3 is 18.8 Å². The highest BCUT2D eigenvalue weighted by atomic mass is 32.3. The minimum absolute atomic E-state index is 0.885. The number of nitrogens with zero attached hydrogens (tertiary/aromatic N) is 3. The summed E-state index contributed by atoms with van der Waals surface area (Å²) >= 11 is 0. The van der Waals surface area contributed by atoms with Gasteiger partial charge in [-0.05, 0) is 152 Å². The second-order valence-electron chi connectivity index (χ2n) is 17.3. The van der Waals surface area contributed by atoms with Crippen LogP contribution in [0.3, 0.4) is 0 Å². The minimum atomic E-state index is -0.928. The zero-order valence-corrected chi connectivity index (χ0v) is 36.9. The molecule has 10 aromatic rings. The first-order valence-corrected chi connectivity index (χ1v) is 24.6. The minimum Gasteiger partial charge on any atom is -0.456 e. The molecule has 4 nitrogen and oxygen atoms in total. The molecule has 5 heteroatoms. The Labute approximate surface area is 371 Å². The zero-order valence-electron chi connectivity index (χ0n) is 36.1. The van der Waals surface area contributed by atoms with Gasteiger partial charge in [0.1, 0.15) is 11.2 Å². The van der Waals surface area contributed by atoms with E-state index in [1.807, 2.05) is 12.1 Å². The maximum atomic E-state index is 6.32. The molecule has 0 atom stereocenters. The van der Waals surface area contributed by atoms with Gasteiger partial charge in [-0.15, -0.1) is 0 Å². The van der Waals surface area contributed by atoms with Crippen LogP contribution in [0.4, 0.5) is 34.1 Å². The van der Waals surface area contributed by atoms with Crippen molar-refractivity contribution in [3.63, 3.8) is 0 Å². The van der Waals surface area contributed by atoms with Gasteiger partial charge in [0.2, 0.25) is 0 Å². The van der Waals surface area contributed by atoms with E-state index in [1.54, 1.807) is 0 Å². The second-order valence-corrected chi connectivity index (χ2v) is 21.5. The first-order valence-electron chi connectivity index (χ1n) is 21.7. The van der Waals surface area contributed by atoms with E-state index >= 15 is 0 Å². The number of para-hydroxylation sites is 3. The third kappa shape index (κ3) is 6.99. The number of hydrogen-bond donors (Lipinski definition) is 0. The Balaban J connectivity index is 1.18. The Bertz CT molecular complexity index is 3390. The van der Waals surface area contributed by atoms with Crippen LogP contribution in [-0.2, 0) is 0 Å². The number of aromatic nitrogens is 1. The number of aryl methyl sites for hydroxylation is 1. The molecule has 0 spiro atoms. The monoisotopic (exact) mass is 835 g/mol. The highest BCUT2D eigenvalue weighted by molar-refractivity contribution is 8.32. The molecule has 0 unspecified atom stereocenters. The molecule has 63 heavy (non-hydrogen) atoms. The lowest BCUT2D eigenvalue weighted by atomic mass is 9.98. The Morgan fingerprint density at radius 2 is 1.13 bits per heavy atom. The van der Waals surface area contributed by atoms with Crippen LogP contribution in [0, 0.1) is 6.92 Å². The maximum Gasteiger partial charge on any atom is 0.135 e. The zero-order chi connectivity index (χ0) is 42.7. The van der Waals surface area contributed by atoms with Gasteiger partial charge in [-0.25, -0.2) is 10.0 Å². The molecule has 2 heterocycles. The number of anilines is 6. The normalized spacial score (nSPS) is 13.2. The van der Waals surface area contributed by atoms with Crippen LogP contribution < -0.4 is 9.80 Å². The highest BCUT2D eigenvalue weighted by Crippen LogP contribution is 2.49. The molecule has 0 bridgehead atoms. The van der Waals surface area contributed by atoms with Crippen LogP contribution in [-0.4, -0.2) is 23.3 Å². The molecule has 0 N–H and O–H groups in total. The summed E-state index contributed by atoms with van der Waals surface area (Å²) in [6.45, 7) is 2.15. The molecule has 11 rings (SSSR count). The lowest BCUT2D eigenvalue weighted by Crippen LogP contribution is -2.14. The molecular weight excluding hydrogens is 787 g/mol. The van der Waals surface area contributed by atoms with Crippen molar-refractivity contribution in [2.45, 2.75) is 24.7 Å². The fourth-order valence-corrected chi connectivity index (χ4v) is 10.2. The molecule has 0 saturated heterocycles. The fraction of sp³-hybridized carbons (Fsp3) is 0.103. The predicted octanol–water partition coefficient (Wildman–Crippen LogP) is 16.9. The van der Waals surface area contributed by atoms with Gasteiger partial charge in [0, 0.05) is 61.2 Å². The van der Waals surface area contributed by atoms with Crippen molar-refractivity contribution in [1.29, 1.82) is 0 Å². The summed E-state index contributed by atoms with van der Waals surface area (Å²) in [7, 11) is -0.928. The molecular formula is C58H49N3OS. The maximum absolute atomic E-state index is 6.32. The standard InChI is InChI=1S/C58H49N3OS/c1-40-23-26-45(27-24-40)60(42-15-7-5-8-16-42)55-38-46(30-34-49(55)41-25-36-58-53(37-41)52-20-12-14-22-57(52)62-58)59(44-28-32-48(33-29-44)63(2,3)4)47-31-35-51-50-19-11-13-21-54(50)61(56(51)39-47)43-17-9-6-10-18-43/h5,7-9,11-39H,6,10H2,1-4H3. The molecule has 8 aromatic carbocycles. The van der Waals surface area contributed by atoms with Crippen molar-refractivity contribution < 1.29 is 4.42 Å². The quantitative estimate of drug-likeness (QED) is 0.145. The Morgan fingerprint density at radius 1 is 0.492 bits per heavy atom. The van der Waals surface area contributed by atoms with Crippen molar-refractivity contribution in [2.24, 2.45) is 0 Å². The molecule has 308 valence electrons. The van der Waals surface area contributed by atoms with Gasteiger partial charge >= 0.3 is 0 Å². The van der Waals surface area contributed by atoms with Gasteiger partial charge in [0.15, 0.2) is 0 Å². The number of benzene rings is 8. The van der Waals surface area contributed by atoms with E-state index in [4.69, 9.17) is 4.42 Å². The molecule has 0 aliphatic heterocycles. The number of allylic oxidation sites excluding steroid dienone is 4. The number of hydrogen-bond acceptors (Lipinski definition) is 3. The van der Waals surface area contributed by atoms with E-state index in [9.17, 15) is 0 Å². The smallest absolute Gasteiger partial charge is 0.135 e. The molecule has 1 aliphatic carbocycles. The Morgan fingerprint density at radius 3 is 1.90 bits per heavy atom. The third-order valence-corrected chi connectivity index (χ3v) is 14.1. The summed E-state index contributed by atoms with van der Waals surface area (Å²) in [5.41, 5.74) is 15.4. The Kier molecular flexibility index (Phi) is 9.58. The number of rotatable bonds is 9. The number of furan rings is 1. The Hall–Kier alpha value is -7.21. The van der Waals surface area contributed by atoms with Gasteiger partial charge in [0.25, 0.3) is 0 Å². The molecule has 1 aliphatic rings. The summed E-state index contributed by atoms with van der Waals surface area (Å²) in [6, 6.07) is 66.6. The van der Waals surface area contributed by atoms with Gasteiger partial charge in [0.05, 0.1) is 16.7 Å². The summed E-state index contributed by atoms with van der Waals surface area (Å²) < 4.78 is 8.77. The molecule has 0 amide bonds. The molecule has 0 fully saturated rings. The van der Waals surface area contributed by atoms with Crippen molar-refractivity contribution in [3.8, 4) is 11.1 Å². The van der Waals surface area contributed by atoms with Crippen LogP contribution in [0.25, 0.3) is 60.6 Å². The largest absolute Gasteiger partial charge is 0.456 e. The topological polar surface area (TPSA) is 24.6 Å². The van der Waals surface area contributed by atoms with E-state index in [-0.39, 0.29) is 0 Å². The van der Waals surface area contributed by atoms with Crippen molar-refractivity contribution in [1.82, 2.24) is 4.57 Å². The van der Waals surface area contributed by atoms with Crippen LogP contribution in [0.1, 0.15) is 18.4 Å². The summed E-state index contributed by atoms with van der Waals surface area (Å²) in [5, 5.41) is 4.72. The predicted molar refractivity (Wildman–Crippen MR) is 273 cm³/mol. The summed E-state index contributed by atoms with van der Waals surface area (Å²) in [6.07, 6.45) is 16.1. The molecule has 0 saturated carbocycles. The van der Waals surface area contributed by atoms with Crippen molar-refractivity contribution in [3.05, 3.63) is 206 Å². The average molecular weight is 836 g/mol. The molecule has 2 aromatic heterocycles. The summed E-state index contributed by atoms with van der Waals surface area (Å²) in [4.78, 5) is 6.22. The average Bonchev–Trinajstić information content (AvgIpc) is 3.86. The highest BCUT2D eigenvalue weighted by Gasteiger charge is 2.24. The van der Waals surface area contributed by atoms with Crippen molar-refractivity contribution in [2.75, 3.05) is 28.6 Å². The van der Waals surface area contributed by atoms with Gasteiger partial charge in [-0.1, -0.05) is 103 Å². The first kappa shape index (κ1) is 38.7. The van der Waals surface area contributed by atoms with E-state index in [0.717, 1.165) is 80.0 Å². The fourth-order valence-electron chi connectivity index (χ4n) is 9.27. The van der Waals surface area contributed by atoms with Crippen molar-refractivity contribution >= 4 is 93.6 Å². The van der Waals surface area contributed by atoms with E-state index in [1.165, 1.54) is 38.0 Å². The third-order valence-electron chi connectivity index (χ3n) is 12.4. The first-order chi connectivity index (χ1) is 30.8. The lowest BCUT2D eigenvalue weighted by molar-refractivity contribution is 0.669. The van der Waals surface area contributed by atoms with Crippen LogP contribution >= 0.6 is 10.0 Å². The summed E-state index contributed by atoms with van der Waals surface area (Å²) in [5.74, 6) is 0. The number of fused-ring (bicyclic) bond motifs is 6. The van der Waals surface area contributed by atoms with Crippen LogP contribution in [0.2, 0.25) is 0 Å². The van der Waals surface area contributed by atoms with Crippen LogP contribution in [0.5, 0.6) is 0 Å². The SMILES string of the molecule is Cc1ccc(N(c2ccccc2)c2cc(N(c3ccc(S(C)(C)C)cc3)c3ccc4c5ccccc5n(C5=CCCC=C5)c4c3)ccc2-c2ccc3oc4ccccc4c3c2)cc1. The van der Waals surface area contributed by atoms with E-state index < -0.39 is 10.0 Å². The second kappa shape index (κ2) is 15.6. The van der Waals surface area contributed by atoms with Gasteiger partial charge in [-0.3, -0.25) is 0 Å². The van der Waals surface area contributed by atoms with Crippen LogP contribution in [0.15, 0.2) is 210 Å². The van der Waals surface area contributed by atoms with E-state index in [0.29, 0.717) is 0 Å². The lowest BCUT2D eigenvalue weighted by Gasteiger charge is -2.32. The van der Waals surface area contributed by atoms with Gasteiger partial charge in [-0.2, -0.15) is 0 Å².